The van der Waals surface area contributed by atoms with E-state index in [1.165, 1.54) is 0 Å². The Morgan fingerprint density at radius 1 is 1.21 bits per heavy atom. The first-order valence-corrected chi connectivity index (χ1v) is 8.68. The van der Waals surface area contributed by atoms with Crippen LogP contribution >= 0.6 is 0 Å². The highest BCUT2D eigenvalue weighted by molar-refractivity contribution is 7.90. The highest BCUT2D eigenvalue weighted by Gasteiger charge is 2.12. The Bertz CT molecular complexity index is 481. The molecule has 0 aliphatic heterocycles. The molecule has 3 nitrogen and oxygen atoms in total. The van der Waals surface area contributed by atoms with Gasteiger partial charge in [-0.1, -0.05) is 38.1 Å². The molecule has 0 saturated carbocycles. The molecular weight excluding hydrogens is 258 g/mol. The third kappa shape index (κ3) is 6.73. The molecule has 0 unspecified atom stereocenters. The lowest BCUT2D eigenvalue weighted by Crippen LogP contribution is -2.23. The van der Waals surface area contributed by atoms with Gasteiger partial charge in [0.25, 0.3) is 0 Å². The zero-order chi connectivity index (χ0) is 14.3. The zero-order valence-electron chi connectivity index (χ0n) is 12.1. The first-order chi connectivity index (χ1) is 8.91. The van der Waals surface area contributed by atoms with Crippen molar-refractivity contribution in [1.29, 1.82) is 0 Å². The smallest absolute Gasteiger partial charge is 0.154 e. The van der Waals surface area contributed by atoms with Crippen molar-refractivity contribution >= 4 is 9.84 Å². The molecule has 1 aromatic carbocycles. The summed E-state index contributed by atoms with van der Waals surface area (Å²) in [6.45, 7) is 7.95. The molecule has 4 heteroatoms. The van der Waals surface area contributed by atoms with Gasteiger partial charge in [0, 0.05) is 0 Å². The maximum absolute atomic E-state index is 12.0. The van der Waals surface area contributed by atoms with E-state index in [0.29, 0.717) is 12.3 Å². The standard InChI is InChI=1S/C15H25NO2S/c1-13(2)11-16-9-6-10-19(17,18)12-15-8-5-4-7-14(15)3/h4-5,7-8,13,16H,6,9-12H2,1-3H3. The van der Waals surface area contributed by atoms with Gasteiger partial charge >= 0.3 is 0 Å². The van der Waals surface area contributed by atoms with E-state index < -0.39 is 9.84 Å². The van der Waals surface area contributed by atoms with Gasteiger partial charge in [-0.15, -0.1) is 0 Å². The lowest BCUT2D eigenvalue weighted by atomic mass is 10.1. The number of aryl methyl sites for hydroxylation is 1. The molecule has 1 rings (SSSR count). The van der Waals surface area contributed by atoms with Crippen molar-refractivity contribution in [1.82, 2.24) is 5.32 Å². The molecule has 0 aliphatic carbocycles. The van der Waals surface area contributed by atoms with E-state index >= 15 is 0 Å². The van der Waals surface area contributed by atoms with E-state index in [0.717, 1.165) is 24.2 Å². The van der Waals surface area contributed by atoms with Crippen LogP contribution in [-0.2, 0) is 15.6 Å². The predicted octanol–water partition coefficient (Wildman–Crippen LogP) is 2.55. The summed E-state index contributed by atoms with van der Waals surface area (Å²) in [5.74, 6) is 1.01. The summed E-state index contributed by atoms with van der Waals surface area (Å²) < 4.78 is 24.0. The van der Waals surface area contributed by atoms with Crippen LogP contribution in [0.15, 0.2) is 24.3 Å². The van der Waals surface area contributed by atoms with E-state index in [-0.39, 0.29) is 11.5 Å². The number of sulfone groups is 1. The number of rotatable bonds is 8. The molecule has 0 bridgehead atoms. The van der Waals surface area contributed by atoms with Crippen molar-refractivity contribution in [3.8, 4) is 0 Å². The zero-order valence-corrected chi connectivity index (χ0v) is 13.0. The number of hydrogen-bond acceptors (Lipinski definition) is 3. The Labute approximate surface area is 117 Å². The SMILES string of the molecule is Cc1ccccc1CS(=O)(=O)CCCNCC(C)C. The van der Waals surface area contributed by atoms with Crippen LogP contribution in [0.5, 0.6) is 0 Å². The normalized spacial score (nSPS) is 12.0. The number of hydrogen-bond donors (Lipinski definition) is 1. The van der Waals surface area contributed by atoms with Gasteiger partial charge in [-0.05, 0) is 43.5 Å². The molecule has 1 aromatic rings. The largest absolute Gasteiger partial charge is 0.316 e. The van der Waals surface area contributed by atoms with Crippen LogP contribution in [0.2, 0.25) is 0 Å². The summed E-state index contributed by atoms with van der Waals surface area (Å²) in [4.78, 5) is 0. The van der Waals surface area contributed by atoms with Crippen molar-refractivity contribution in [3.63, 3.8) is 0 Å². The molecule has 1 N–H and O–H groups in total. The molecule has 0 aromatic heterocycles. The van der Waals surface area contributed by atoms with Gasteiger partial charge in [0.1, 0.15) is 0 Å². The Kier molecular flexibility index (Phi) is 6.52. The molecule has 0 radical (unpaired) electrons. The molecule has 0 saturated heterocycles. The van der Waals surface area contributed by atoms with Gasteiger partial charge in [-0.2, -0.15) is 0 Å². The predicted molar refractivity (Wildman–Crippen MR) is 81.0 cm³/mol. The Morgan fingerprint density at radius 3 is 2.53 bits per heavy atom. The average molecular weight is 283 g/mol. The number of benzene rings is 1. The summed E-state index contributed by atoms with van der Waals surface area (Å²) in [7, 11) is -3.00. The fraction of sp³-hybridized carbons (Fsp3) is 0.600. The third-order valence-electron chi connectivity index (χ3n) is 3.00. The van der Waals surface area contributed by atoms with Crippen molar-refractivity contribution in [2.24, 2.45) is 5.92 Å². The summed E-state index contributed by atoms with van der Waals surface area (Å²) in [5.41, 5.74) is 1.96. The number of nitrogens with one attached hydrogen (secondary N) is 1. The van der Waals surface area contributed by atoms with Crippen LogP contribution in [0, 0.1) is 12.8 Å². The monoisotopic (exact) mass is 283 g/mol. The third-order valence-corrected chi connectivity index (χ3v) is 4.66. The van der Waals surface area contributed by atoms with Gasteiger partial charge < -0.3 is 5.32 Å². The van der Waals surface area contributed by atoms with Crippen LogP contribution in [0.4, 0.5) is 0 Å². The topological polar surface area (TPSA) is 46.2 Å². The maximum Gasteiger partial charge on any atom is 0.154 e. The van der Waals surface area contributed by atoms with Crippen LogP contribution in [0.25, 0.3) is 0 Å². The summed E-state index contributed by atoms with van der Waals surface area (Å²) in [6, 6.07) is 7.67. The molecule has 108 valence electrons. The maximum atomic E-state index is 12.0. The van der Waals surface area contributed by atoms with E-state index in [4.69, 9.17) is 0 Å². The molecular formula is C15H25NO2S. The minimum atomic E-state index is -3.00. The van der Waals surface area contributed by atoms with Crippen molar-refractivity contribution < 1.29 is 8.42 Å². The average Bonchev–Trinajstić information content (AvgIpc) is 2.31. The second kappa shape index (κ2) is 7.65. The highest BCUT2D eigenvalue weighted by atomic mass is 32.2. The van der Waals surface area contributed by atoms with Crippen LogP contribution < -0.4 is 5.32 Å². The van der Waals surface area contributed by atoms with Gasteiger partial charge in [0.2, 0.25) is 0 Å². The quantitative estimate of drug-likeness (QED) is 0.746. The van der Waals surface area contributed by atoms with Crippen LogP contribution in [0.1, 0.15) is 31.4 Å². The minimum absolute atomic E-state index is 0.157. The molecule has 0 aliphatic rings. The van der Waals surface area contributed by atoms with E-state index in [2.05, 4.69) is 19.2 Å². The molecule has 0 atom stereocenters. The lowest BCUT2D eigenvalue weighted by molar-refractivity contribution is 0.546. The van der Waals surface area contributed by atoms with Crippen LogP contribution in [0.3, 0.4) is 0 Å². The van der Waals surface area contributed by atoms with Crippen LogP contribution in [-0.4, -0.2) is 27.3 Å². The molecule has 19 heavy (non-hydrogen) atoms. The van der Waals surface area contributed by atoms with E-state index in [1.54, 1.807) is 0 Å². The summed E-state index contributed by atoms with van der Waals surface area (Å²) in [5, 5.41) is 3.27. The lowest BCUT2D eigenvalue weighted by Gasteiger charge is -2.09. The highest BCUT2D eigenvalue weighted by Crippen LogP contribution is 2.12. The van der Waals surface area contributed by atoms with Gasteiger partial charge in [0.15, 0.2) is 9.84 Å². The molecule has 0 amide bonds. The van der Waals surface area contributed by atoms with Crippen molar-refractivity contribution in [3.05, 3.63) is 35.4 Å². The minimum Gasteiger partial charge on any atom is -0.316 e. The summed E-state index contributed by atoms with van der Waals surface area (Å²) >= 11 is 0. The fourth-order valence-corrected chi connectivity index (χ4v) is 3.42. The Balaban J connectivity index is 2.38. The van der Waals surface area contributed by atoms with Crippen molar-refractivity contribution in [2.75, 3.05) is 18.8 Å². The second-order valence-corrected chi connectivity index (χ2v) is 7.65. The fourth-order valence-electron chi connectivity index (χ4n) is 1.89. The van der Waals surface area contributed by atoms with E-state index in [9.17, 15) is 8.42 Å². The van der Waals surface area contributed by atoms with Gasteiger partial charge in [0.05, 0.1) is 11.5 Å². The van der Waals surface area contributed by atoms with Crippen molar-refractivity contribution in [2.45, 2.75) is 32.9 Å². The first kappa shape index (κ1) is 16.2. The Hall–Kier alpha value is -0.870. The van der Waals surface area contributed by atoms with Gasteiger partial charge in [-0.3, -0.25) is 0 Å². The first-order valence-electron chi connectivity index (χ1n) is 6.86. The molecule has 0 spiro atoms. The molecule has 0 fully saturated rings. The summed E-state index contributed by atoms with van der Waals surface area (Å²) in [6.07, 6.45) is 0.681. The second-order valence-electron chi connectivity index (χ2n) is 5.47. The molecule has 0 heterocycles. The Morgan fingerprint density at radius 2 is 1.89 bits per heavy atom. The van der Waals surface area contributed by atoms with E-state index in [1.807, 2.05) is 31.2 Å². The van der Waals surface area contributed by atoms with Gasteiger partial charge in [-0.25, -0.2) is 8.42 Å².